The van der Waals surface area contributed by atoms with E-state index < -0.39 is 0 Å². The number of aromatic nitrogens is 3. The molecular formula is C26H31N5O3. The van der Waals surface area contributed by atoms with Crippen LogP contribution in [0.4, 0.5) is 5.69 Å². The van der Waals surface area contributed by atoms with Crippen molar-refractivity contribution in [3.63, 3.8) is 0 Å². The van der Waals surface area contributed by atoms with Gasteiger partial charge in [-0.15, -0.1) is 0 Å². The summed E-state index contributed by atoms with van der Waals surface area (Å²) in [6.45, 7) is 8.96. The van der Waals surface area contributed by atoms with Crippen molar-refractivity contribution in [2.75, 3.05) is 11.4 Å². The highest BCUT2D eigenvalue weighted by Crippen LogP contribution is 2.34. The van der Waals surface area contributed by atoms with E-state index in [1.54, 1.807) is 36.0 Å². The fraction of sp³-hybridized carbons (Fsp3) is 0.462. The molecule has 1 saturated heterocycles. The van der Waals surface area contributed by atoms with Crippen LogP contribution in [0, 0.1) is 17.2 Å². The number of fused-ring (bicyclic) bond motifs is 1. The second kappa shape index (κ2) is 9.72. The summed E-state index contributed by atoms with van der Waals surface area (Å²) in [5.41, 5.74) is 2.40. The van der Waals surface area contributed by atoms with Gasteiger partial charge in [0.15, 0.2) is 0 Å². The zero-order chi connectivity index (χ0) is 24.4. The van der Waals surface area contributed by atoms with Crippen molar-refractivity contribution in [1.29, 1.82) is 5.26 Å². The summed E-state index contributed by atoms with van der Waals surface area (Å²) in [6, 6.07) is 11.0. The highest BCUT2D eigenvalue weighted by atomic mass is 16.5. The van der Waals surface area contributed by atoms with Crippen molar-refractivity contribution < 1.29 is 9.47 Å². The third-order valence-electron chi connectivity index (χ3n) is 6.43. The van der Waals surface area contributed by atoms with Crippen LogP contribution in [0.1, 0.15) is 46.2 Å². The number of ether oxygens (including phenoxy) is 2. The predicted molar refractivity (Wildman–Crippen MR) is 131 cm³/mol. The molecule has 0 spiro atoms. The molecule has 4 heterocycles. The molecule has 0 amide bonds. The molecule has 0 bridgehead atoms. The van der Waals surface area contributed by atoms with Crippen molar-refractivity contribution in [2.24, 2.45) is 13.0 Å². The number of aryl methyl sites for hydroxylation is 1. The Morgan fingerprint density at radius 2 is 2.06 bits per heavy atom. The normalized spacial score (nSPS) is 20.4. The fourth-order valence-corrected chi connectivity index (χ4v) is 4.60. The fourth-order valence-electron chi connectivity index (χ4n) is 4.60. The lowest BCUT2D eigenvalue weighted by molar-refractivity contribution is 0.0911. The van der Waals surface area contributed by atoms with Crippen LogP contribution >= 0.6 is 0 Å². The molecule has 3 atom stereocenters. The molecule has 3 aromatic heterocycles. The molecular weight excluding hydrogens is 430 g/mol. The molecule has 3 aromatic rings. The number of piperidine rings is 1. The SMILES string of the molecule is CC[C@@H]1CN(c2cc(=O)n(C)c3ccc(C#N)nc23)[C@H](C)C[C@@H]1Oc1ccc(OC(C)C)cn1. The van der Waals surface area contributed by atoms with Gasteiger partial charge in [0.1, 0.15) is 29.1 Å². The van der Waals surface area contributed by atoms with Gasteiger partial charge < -0.3 is 18.9 Å². The van der Waals surface area contributed by atoms with Gasteiger partial charge in [0, 0.05) is 44.1 Å². The third-order valence-corrected chi connectivity index (χ3v) is 6.43. The van der Waals surface area contributed by atoms with Crippen molar-refractivity contribution >= 4 is 16.7 Å². The summed E-state index contributed by atoms with van der Waals surface area (Å²) in [6.07, 6.45) is 3.48. The average Bonchev–Trinajstić information content (AvgIpc) is 2.82. The van der Waals surface area contributed by atoms with Crippen molar-refractivity contribution in [1.82, 2.24) is 14.5 Å². The van der Waals surface area contributed by atoms with Crippen LogP contribution in [0.25, 0.3) is 11.0 Å². The number of rotatable bonds is 6. The molecule has 1 aliphatic heterocycles. The monoisotopic (exact) mass is 461 g/mol. The van der Waals surface area contributed by atoms with Crippen molar-refractivity contribution in [3.8, 4) is 17.7 Å². The minimum Gasteiger partial charge on any atom is -0.489 e. The van der Waals surface area contributed by atoms with Gasteiger partial charge in [-0.1, -0.05) is 6.92 Å². The maximum atomic E-state index is 12.7. The van der Waals surface area contributed by atoms with E-state index in [0.717, 1.165) is 30.8 Å². The van der Waals surface area contributed by atoms with Crippen LogP contribution in [0.3, 0.4) is 0 Å². The summed E-state index contributed by atoms with van der Waals surface area (Å²) >= 11 is 0. The van der Waals surface area contributed by atoms with Gasteiger partial charge in [-0.05, 0) is 45.4 Å². The van der Waals surface area contributed by atoms with Crippen LogP contribution in [-0.4, -0.2) is 39.3 Å². The van der Waals surface area contributed by atoms with Gasteiger partial charge in [0.05, 0.1) is 23.5 Å². The third kappa shape index (κ3) is 4.69. The number of nitrogens with zero attached hydrogens (tertiary/aromatic N) is 5. The zero-order valence-corrected chi connectivity index (χ0v) is 20.4. The molecule has 0 aliphatic carbocycles. The molecule has 0 N–H and O–H groups in total. The predicted octanol–water partition coefficient (Wildman–Crippen LogP) is 4.06. The number of hydrogen-bond acceptors (Lipinski definition) is 7. The quantitative estimate of drug-likeness (QED) is 0.546. The van der Waals surface area contributed by atoms with Crippen molar-refractivity contribution in [3.05, 3.63) is 52.6 Å². The van der Waals surface area contributed by atoms with E-state index in [-0.39, 0.29) is 29.7 Å². The highest BCUT2D eigenvalue weighted by molar-refractivity contribution is 5.88. The van der Waals surface area contributed by atoms with Gasteiger partial charge in [0.25, 0.3) is 5.56 Å². The molecule has 1 fully saturated rings. The Hall–Kier alpha value is -3.60. The van der Waals surface area contributed by atoms with E-state index >= 15 is 0 Å². The van der Waals surface area contributed by atoms with Gasteiger partial charge in [-0.25, -0.2) is 9.97 Å². The molecule has 8 nitrogen and oxygen atoms in total. The van der Waals surface area contributed by atoms with Crippen LogP contribution in [-0.2, 0) is 7.05 Å². The van der Waals surface area contributed by atoms with Gasteiger partial charge >= 0.3 is 0 Å². The maximum absolute atomic E-state index is 12.7. The molecule has 4 rings (SSSR count). The lowest BCUT2D eigenvalue weighted by Gasteiger charge is -2.43. The Balaban J connectivity index is 1.61. The molecule has 0 aromatic carbocycles. The first-order valence-electron chi connectivity index (χ1n) is 11.8. The zero-order valence-electron chi connectivity index (χ0n) is 20.4. The van der Waals surface area contributed by atoms with E-state index in [1.165, 1.54) is 0 Å². The smallest absolute Gasteiger partial charge is 0.252 e. The van der Waals surface area contributed by atoms with Crippen molar-refractivity contribution in [2.45, 2.75) is 58.8 Å². The summed E-state index contributed by atoms with van der Waals surface area (Å²) in [5, 5.41) is 9.36. The Bertz CT molecular complexity index is 1260. The van der Waals surface area contributed by atoms with Gasteiger partial charge in [-0.2, -0.15) is 5.26 Å². The lowest BCUT2D eigenvalue weighted by Crippen LogP contribution is -2.50. The average molecular weight is 462 g/mol. The minimum atomic E-state index is -0.0967. The second-order valence-corrected chi connectivity index (χ2v) is 9.16. The van der Waals surface area contributed by atoms with Crippen LogP contribution in [0.15, 0.2) is 41.3 Å². The van der Waals surface area contributed by atoms with E-state index in [0.29, 0.717) is 22.6 Å². The van der Waals surface area contributed by atoms with Crippen LogP contribution in [0.2, 0.25) is 0 Å². The Morgan fingerprint density at radius 3 is 2.71 bits per heavy atom. The topological polar surface area (TPSA) is 93.3 Å². The first-order chi connectivity index (χ1) is 16.3. The Labute approximate surface area is 199 Å². The first-order valence-corrected chi connectivity index (χ1v) is 11.8. The standard InChI is InChI=1S/C26H31N5O3/c1-6-18-15-31(22-12-25(32)30(5)21-9-7-19(13-27)29-26(21)22)17(4)11-23(18)34-24-10-8-20(14-28-24)33-16(2)3/h7-10,12,14,16-18,23H,6,11,15H2,1-5H3/t17-,18-,23+/m1/s1. The van der Waals surface area contributed by atoms with Gasteiger partial charge in [-0.3, -0.25) is 4.79 Å². The summed E-state index contributed by atoms with van der Waals surface area (Å²) in [7, 11) is 1.73. The lowest BCUT2D eigenvalue weighted by atomic mass is 9.88. The number of pyridine rings is 3. The largest absolute Gasteiger partial charge is 0.489 e. The number of nitriles is 1. The minimum absolute atomic E-state index is 0.000977. The Kier molecular flexibility index (Phi) is 6.73. The van der Waals surface area contributed by atoms with E-state index in [4.69, 9.17) is 9.47 Å². The maximum Gasteiger partial charge on any atom is 0.252 e. The molecule has 0 saturated carbocycles. The second-order valence-electron chi connectivity index (χ2n) is 9.16. The van der Waals surface area contributed by atoms with Crippen LogP contribution < -0.4 is 19.9 Å². The molecule has 1 aliphatic rings. The molecule has 178 valence electrons. The number of hydrogen-bond donors (Lipinski definition) is 0. The molecule has 0 unspecified atom stereocenters. The molecule has 8 heteroatoms. The molecule has 0 radical (unpaired) electrons. The first kappa shape index (κ1) is 23.6. The summed E-state index contributed by atoms with van der Waals surface area (Å²) < 4.78 is 13.6. The highest BCUT2D eigenvalue weighted by Gasteiger charge is 2.35. The Morgan fingerprint density at radius 1 is 1.26 bits per heavy atom. The van der Waals surface area contributed by atoms with Gasteiger partial charge in [0.2, 0.25) is 5.88 Å². The summed E-state index contributed by atoms with van der Waals surface area (Å²) in [5.74, 6) is 1.54. The van der Waals surface area contributed by atoms with E-state index in [9.17, 15) is 10.1 Å². The number of anilines is 1. The van der Waals surface area contributed by atoms with E-state index in [1.807, 2.05) is 26.0 Å². The van der Waals surface area contributed by atoms with Crippen LogP contribution in [0.5, 0.6) is 11.6 Å². The molecule has 34 heavy (non-hydrogen) atoms. The summed E-state index contributed by atoms with van der Waals surface area (Å²) in [4.78, 5) is 23.9. The van der Waals surface area contributed by atoms with E-state index in [2.05, 4.69) is 34.8 Å².